The SMILES string of the molecule is COc1cc(N)cc([N+](=O)[O-])c1C(=O)CBr. The van der Waals surface area contributed by atoms with E-state index in [1.807, 2.05) is 0 Å². The molecule has 6 nitrogen and oxygen atoms in total. The maximum Gasteiger partial charge on any atom is 0.286 e. The van der Waals surface area contributed by atoms with Crippen molar-refractivity contribution in [2.24, 2.45) is 0 Å². The van der Waals surface area contributed by atoms with Gasteiger partial charge in [-0.05, 0) is 0 Å². The Balaban J connectivity index is 3.51. The Morgan fingerprint density at radius 1 is 1.62 bits per heavy atom. The third-order valence-corrected chi connectivity index (χ3v) is 2.43. The number of nitrogens with two attached hydrogens (primary N) is 1. The lowest BCUT2D eigenvalue weighted by Crippen LogP contribution is -2.08. The third-order valence-electron chi connectivity index (χ3n) is 1.92. The topological polar surface area (TPSA) is 95.5 Å². The lowest BCUT2D eigenvalue weighted by Gasteiger charge is -2.08. The van der Waals surface area contributed by atoms with Gasteiger partial charge in [0.05, 0.1) is 17.4 Å². The van der Waals surface area contributed by atoms with Crippen LogP contribution in [-0.2, 0) is 0 Å². The van der Waals surface area contributed by atoms with Gasteiger partial charge in [0, 0.05) is 17.8 Å². The number of Topliss-reactive ketones (excluding diaryl/α,β-unsaturated/α-hetero) is 1. The summed E-state index contributed by atoms with van der Waals surface area (Å²) in [6.07, 6.45) is 0. The standard InChI is InChI=1S/C9H9BrN2O4/c1-16-8-3-5(11)2-6(12(14)15)9(8)7(13)4-10/h2-3H,4,11H2,1H3. The molecule has 0 aliphatic rings. The van der Waals surface area contributed by atoms with E-state index in [0.29, 0.717) is 0 Å². The number of methoxy groups -OCH3 is 1. The molecule has 0 unspecified atom stereocenters. The molecule has 0 amide bonds. The Morgan fingerprint density at radius 2 is 2.25 bits per heavy atom. The number of nitrogens with zero attached hydrogens (tertiary/aromatic N) is 1. The molecular formula is C9H9BrN2O4. The number of anilines is 1. The molecule has 0 fully saturated rings. The molecule has 0 aromatic heterocycles. The molecule has 86 valence electrons. The molecule has 16 heavy (non-hydrogen) atoms. The third kappa shape index (κ3) is 2.30. The number of halogens is 1. The number of nitro groups is 1. The molecule has 1 aromatic carbocycles. The Hall–Kier alpha value is -1.63. The van der Waals surface area contributed by atoms with Gasteiger partial charge in [-0.1, -0.05) is 15.9 Å². The van der Waals surface area contributed by atoms with Crippen LogP contribution < -0.4 is 10.5 Å². The minimum Gasteiger partial charge on any atom is -0.496 e. The van der Waals surface area contributed by atoms with Crippen LogP contribution >= 0.6 is 15.9 Å². The summed E-state index contributed by atoms with van der Waals surface area (Å²) in [5.41, 5.74) is 5.23. The summed E-state index contributed by atoms with van der Waals surface area (Å²) < 4.78 is 4.91. The fourth-order valence-corrected chi connectivity index (χ4v) is 1.55. The molecule has 0 aliphatic carbocycles. The number of alkyl halides is 1. The zero-order valence-corrected chi connectivity index (χ0v) is 9.98. The summed E-state index contributed by atoms with van der Waals surface area (Å²) in [7, 11) is 1.32. The Labute approximate surface area is 99.7 Å². The van der Waals surface area contributed by atoms with Gasteiger partial charge in [-0.3, -0.25) is 14.9 Å². The quantitative estimate of drug-likeness (QED) is 0.299. The summed E-state index contributed by atoms with van der Waals surface area (Å²) >= 11 is 2.96. The smallest absolute Gasteiger partial charge is 0.286 e. The first-order chi connectivity index (χ1) is 7.51. The van der Waals surface area contributed by atoms with E-state index in [1.165, 1.54) is 13.2 Å². The largest absolute Gasteiger partial charge is 0.496 e. The van der Waals surface area contributed by atoms with Crippen molar-refractivity contribution in [3.8, 4) is 5.75 Å². The van der Waals surface area contributed by atoms with E-state index < -0.39 is 10.7 Å². The van der Waals surface area contributed by atoms with Crippen LogP contribution in [-0.4, -0.2) is 23.1 Å². The van der Waals surface area contributed by atoms with Crippen molar-refractivity contribution in [2.75, 3.05) is 18.2 Å². The van der Waals surface area contributed by atoms with E-state index in [-0.39, 0.29) is 28.0 Å². The predicted molar refractivity (Wildman–Crippen MR) is 62.2 cm³/mol. The number of nitrogen functional groups attached to an aromatic ring is 1. The second-order valence-corrected chi connectivity index (χ2v) is 3.49. The molecule has 0 spiro atoms. The van der Waals surface area contributed by atoms with Gasteiger partial charge in [-0.15, -0.1) is 0 Å². The molecule has 7 heteroatoms. The van der Waals surface area contributed by atoms with E-state index in [4.69, 9.17) is 10.5 Å². The highest BCUT2D eigenvalue weighted by Crippen LogP contribution is 2.32. The van der Waals surface area contributed by atoms with Crippen molar-refractivity contribution in [1.82, 2.24) is 0 Å². The van der Waals surface area contributed by atoms with Gasteiger partial charge in [0.1, 0.15) is 11.3 Å². The number of ether oxygens (including phenoxy) is 1. The number of benzene rings is 1. The molecule has 0 heterocycles. The summed E-state index contributed by atoms with van der Waals surface area (Å²) in [5.74, 6) is -0.320. The minimum atomic E-state index is -0.658. The first-order valence-electron chi connectivity index (χ1n) is 4.22. The van der Waals surface area contributed by atoms with E-state index in [9.17, 15) is 14.9 Å². The molecule has 0 saturated heterocycles. The van der Waals surface area contributed by atoms with Crippen LogP contribution in [0.25, 0.3) is 0 Å². The van der Waals surface area contributed by atoms with Crippen LogP contribution in [0.4, 0.5) is 11.4 Å². The van der Waals surface area contributed by atoms with Crippen molar-refractivity contribution >= 4 is 33.1 Å². The molecule has 0 bridgehead atoms. The zero-order valence-electron chi connectivity index (χ0n) is 8.40. The highest BCUT2D eigenvalue weighted by molar-refractivity contribution is 9.09. The van der Waals surface area contributed by atoms with E-state index in [2.05, 4.69) is 15.9 Å². The van der Waals surface area contributed by atoms with Crippen molar-refractivity contribution < 1.29 is 14.5 Å². The van der Waals surface area contributed by atoms with Crippen LogP contribution in [0.2, 0.25) is 0 Å². The number of nitro benzene ring substituents is 1. The predicted octanol–water partition coefficient (Wildman–Crippen LogP) is 1.76. The maximum atomic E-state index is 11.6. The molecular weight excluding hydrogens is 280 g/mol. The van der Waals surface area contributed by atoms with Crippen LogP contribution in [0.15, 0.2) is 12.1 Å². The van der Waals surface area contributed by atoms with Crippen molar-refractivity contribution in [1.29, 1.82) is 0 Å². The normalized spacial score (nSPS) is 9.88. The summed E-state index contributed by atoms with van der Waals surface area (Å²) in [5, 5.41) is 10.8. The second-order valence-electron chi connectivity index (χ2n) is 2.93. The molecule has 2 N–H and O–H groups in total. The van der Waals surface area contributed by atoms with Gasteiger partial charge in [0.25, 0.3) is 5.69 Å². The van der Waals surface area contributed by atoms with Gasteiger partial charge < -0.3 is 10.5 Å². The highest BCUT2D eigenvalue weighted by Gasteiger charge is 2.25. The van der Waals surface area contributed by atoms with Gasteiger partial charge in [0.15, 0.2) is 5.78 Å². The van der Waals surface area contributed by atoms with Gasteiger partial charge >= 0.3 is 0 Å². The number of carbonyl (C=O) groups is 1. The second kappa shape index (κ2) is 4.93. The van der Waals surface area contributed by atoms with Gasteiger partial charge in [0.2, 0.25) is 0 Å². The Morgan fingerprint density at radius 3 is 2.69 bits per heavy atom. The molecule has 0 aliphatic heterocycles. The Kier molecular flexibility index (Phi) is 3.83. The first-order valence-corrected chi connectivity index (χ1v) is 5.34. The Bertz CT molecular complexity index is 447. The van der Waals surface area contributed by atoms with Crippen molar-refractivity contribution in [3.63, 3.8) is 0 Å². The van der Waals surface area contributed by atoms with E-state index in [0.717, 1.165) is 6.07 Å². The first kappa shape index (κ1) is 12.4. The molecule has 0 radical (unpaired) electrons. The lowest BCUT2D eigenvalue weighted by molar-refractivity contribution is -0.385. The van der Waals surface area contributed by atoms with Crippen LogP contribution in [0.5, 0.6) is 5.75 Å². The molecule has 1 aromatic rings. The van der Waals surface area contributed by atoms with Crippen LogP contribution in [0, 0.1) is 10.1 Å². The number of rotatable bonds is 4. The monoisotopic (exact) mass is 288 g/mol. The molecule has 0 saturated carbocycles. The fraction of sp³-hybridized carbons (Fsp3) is 0.222. The van der Waals surface area contributed by atoms with E-state index >= 15 is 0 Å². The number of carbonyl (C=O) groups excluding carboxylic acids is 1. The summed E-state index contributed by atoms with van der Waals surface area (Å²) in [6, 6.07) is 2.52. The van der Waals surface area contributed by atoms with Gasteiger partial charge in [-0.25, -0.2) is 0 Å². The van der Waals surface area contributed by atoms with Crippen molar-refractivity contribution in [3.05, 3.63) is 27.8 Å². The van der Waals surface area contributed by atoms with Crippen molar-refractivity contribution in [2.45, 2.75) is 0 Å². The molecule has 0 atom stereocenters. The number of hydrogen-bond acceptors (Lipinski definition) is 5. The highest BCUT2D eigenvalue weighted by atomic mass is 79.9. The van der Waals surface area contributed by atoms with E-state index in [1.54, 1.807) is 0 Å². The lowest BCUT2D eigenvalue weighted by atomic mass is 10.1. The molecule has 1 rings (SSSR count). The average molecular weight is 289 g/mol. The average Bonchev–Trinajstić information content (AvgIpc) is 2.26. The minimum absolute atomic E-state index is 0.0197. The van der Waals surface area contributed by atoms with Gasteiger partial charge in [-0.2, -0.15) is 0 Å². The summed E-state index contributed by atoms with van der Waals surface area (Å²) in [4.78, 5) is 21.7. The zero-order chi connectivity index (χ0) is 12.3. The number of ketones is 1. The van der Waals surface area contributed by atoms with Crippen LogP contribution in [0.1, 0.15) is 10.4 Å². The number of hydrogen-bond donors (Lipinski definition) is 1. The fourth-order valence-electron chi connectivity index (χ4n) is 1.27. The summed E-state index contributed by atoms with van der Waals surface area (Å²) in [6.45, 7) is 0. The maximum absolute atomic E-state index is 11.6. The van der Waals surface area contributed by atoms with Crippen LogP contribution in [0.3, 0.4) is 0 Å².